The molecule has 1 aliphatic rings. The van der Waals surface area contributed by atoms with Crippen molar-refractivity contribution >= 4 is 48.8 Å². The maximum absolute atomic E-state index is 12.9. The zero-order valence-corrected chi connectivity index (χ0v) is 20.9. The van der Waals surface area contributed by atoms with Crippen LogP contribution in [0.4, 0.5) is 0 Å². The van der Waals surface area contributed by atoms with E-state index in [1.165, 1.54) is 0 Å². The molecule has 3 aromatic carbocycles. The summed E-state index contributed by atoms with van der Waals surface area (Å²) in [7, 11) is 0. The van der Waals surface area contributed by atoms with Crippen molar-refractivity contribution in [3.8, 4) is 17.6 Å². The van der Waals surface area contributed by atoms with E-state index in [9.17, 15) is 10.1 Å². The van der Waals surface area contributed by atoms with Gasteiger partial charge in [-0.2, -0.15) is 5.26 Å². The Balaban J connectivity index is 1.49. The molecule has 0 fully saturated rings. The Labute approximate surface area is 211 Å². The van der Waals surface area contributed by atoms with Gasteiger partial charge in [0.05, 0.1) is 5.92 Å². The van der Waals surface area contributed by atoms with Crippen LogP contribution in [0.1, 0.15) is 33.2 Å². The standard InChI is InChI=1S/C26H16Br2N2O4/c1-13-18-8-6-16(28)10-21(18)33-24(13)26(31)32-17-7-9-19-22(11-17)34-25(30)20(12-29)23(19)14-2-4-15(27)5-3-14/h2-11,23H,30H2,1H3. The monoisotopic (exact) mass is 578 g/mol. The summed E-state index contributed by atoms with van der Waals surface area (Å²) in [6.45, 7) is 1.81. The molecule has 0 saturated carbocycles. The molecule has 1 atom stereocenters. The predicted molar refractivity (Wildman–Crippen MR) is 133 cm³/mol. The van der Waals surface area contributed by atoms with Gasteiger partial charge in [0, 0.05) is 31.5 Å². The van der Waals surface area contributed by atoms with Gasteiger partial charge in [0.1, 0.15) is 28.7 Å². The van der Waals surface area contributed by atoms with E-state index in [0.29, 0.717) is 22.5 Å². The Morgan fingerprint density at radius 1 is 1.06 bits per heavy atom. The van der Waals surface area contributed by atoms with Gasteiger partial charge in [0.15, 0.2) is 0 Å². The molecule has 2 heterocycles. The molecule has 1 unspecified atom stereocenters. The number of fused-ring (bicyclic) bond motifs is 2. The summed E-state index contributed by atoms with van der Waals surface area (Å²) in [4.78, 5) is 12.9. The topological polar surface area (TPSA) is 98.5 Å². The third kappa shape index (κ3) is 3.87. The molecular formula is C26H16Br2N2O4. The normalized spacial score (nSPS) is 14.9. The number of hydrogen-bond acceptors (Lipinski definition) is 6. The number of aryl methyl sites for hydroxylation is 1. The number of esters is 1. The van der Waals surface area contributed by atoms with Crippen LogP contribution in [0.2, 0.25) is 0 Å². The molecule has 0 saturated heterocycles. The third-order valence-corrected chi connectivity index (χ3v) is 6.71. The molecule has 0 radical (unpaired) electrons. The first-order valence-electron chi connectivity index (χ1n) is 10.2. The first kappa shape index (κ1) is 22.3. The Hall–Kier alpha value is -3.54. The molecular weight excluding hydrogens is 564 g/mol. The number of carbonyl (C=O) groups is 1. The molecule has 2 N–H and O–H groups in total. The summed E-state index contributed by atoms with van der Waals surface area (Å²) < 4.78 is 18.9. The first-order valence-corrected chi connectivity index (χ1v) is 11.8. The van der Waals surface area contributed by atoms with Gasteiger partial charge >= 0.3 is 5.97 Å². The number of ether oxygens (including phenoxy) is 2. The van der Waals surface area contributed by atoms with E-state index >= 15 is 0 Å². The second-order valence-electron chi connectivity index (χ2n) is 7.76. The Bertz CT molecular complexity index is 1530. The van der Waals surface area contributed by atoms with E-state index in [1.807, 2.05) is 43.3 Å². The second-order valence-corrected chi connectivity index (χ2v) is 9.59. The van der Waals surface area contributed by atoms with Crippen molar-refractivity contribution in [2.75, 3.05) is 0 Å². The predicted octanol–water partition coefficient (Wildman–Crippen LogP) is 6.70. The van der Waals surface area contributed by atoms with Crippen molar-refractivity contribution < 1.29 is 18.7 Å². The molecule has 1 aliphatic heterocycles. The number of nitrogens with zero attached hydrogens (tertiary/aromatic N) is 1. The lowest BCUT2D eigenvalue weighted by molar-refractivity contribution is 0.0702. The number of nitrogens with two attached hydrogens (primary N) is 1. The number of rotatable bonds is 3. The summed E-state index contributed by atoms with van der Waals surface area (Å²) in [5.74, 6) is -0.183. The number of halogens is 2. The quantitative estimate of drug-likeness (QED) is 0.214. The largest absolute Gasteiger partial charge is 0.449 e. The number of carbonyl (C=O) groups excluding carboxylic acids is 1. The molecule has 34 heavy (non-hydrogen) atoms. The van der Waals surface area contributed by atoms with Crippen molar-refractivity contribution in [2.24, 2.45) is 5.73 Å². The average Bonchev–Trinajstić information content (AvgIpc) is 3.14. The highest BCUT2D eigenvalue weighted by Crippen LogP contribution is 2.43. The highest BCUT2D eigenvalue weighted by atomic mass is 79.9. The maximum atomic E-state index is 12.9. The second kappa shape index (κ2) is 8.67. The van der Waals surface area contributed by atoms with Gasteiger partial charge in [-0.05, 0) is 48.9 Å². The minimum absolute atomic E-state index is 0.0186. The lowest BCUT2D eigenvalue weighted by atomic mass is 9.83. The molecule has 0 aliphatic carbocycles. The molecule has 4 aromatic rings. The first-order chi connectivity index (χ1) is 16.4. The van der Waals surface area contributed by atoms with Crippen molar-refractivity contribution in [3.63, 3.8) is 0 Å². The van der Waals surface area contributed by atoms with Crippen LogP contribution in [0.15, 0.2) is 85.5 Å². The molecule has 1 aromatic heterocycles. The molecule has 5 rings (SSSR count). The van der Waals surface area contributed by atoms with Crippen LogP contribution >= 0.6 is 31.9 Å². The van der Waals surface area contributed by atoms with Crippen LogP contribution in [-0.4, -0.2) is 5.97 Å². The summed E-state index contributed by atoms with van der Waals surface area (Å²) >= 11 is 6.84. The number of nitriles is 1. The summed E-state index contributed by atoms with van der Waals surface area (Å²) in [6.07, 6.45) is 0. The van der Waals surface area contributed by atoms with Gasteiger partial charge in [0.2, 0.25) is 11.6 Å². The van der Waals surface area contributed by atoms with Crippen LogP contribution in [0.25, 0.3) is 11.0 Å². The van der Waals surface area contributed by atoms with E-state index in [1.54, 1.807) is 24.3 Å². The minimum atomic E-state index is -0.619. The number of allylic oxidation sites excluding steroid dienone is 1. The van der Waals surface area contributed by atoms with Crippen molar-refractivity contribution in [1.82, 2.24) is 0 Å². The number of benzene rings is 3. The van der Waals surface area contributed by atoms with Crippen LogP contribution in [-0.2, 0) is 0 Å². The molecule has 8 heteroatoms. The van der Waals surface area contributed by atoms with Crippen LogP contribution in [0, 0.1) is 18.3 Å². The van der Waals surface area contributed by atoms with Gasteiger partial charge in [-0.3, -0.25) is 0 Å². The summed E-state index contributed by atoms with van der Waals surface area (Å²) in [5.41, 5.74) is 9.33. The van der Waals surface area contributed by atoms with Crippen molar-refractivity contribution in [2.45, 2.75) is 12.8 Å². The fraction of sp³-hybridized carbons (Fsp3) is 0.0769. The Kier molecular flexibility index (Phi) is 5.68. The van der Waals surface area contributed by atoms with E-state index in [4.69, 9.17) is 19.6 Å². The molecule has 6 nitrogen and oxygen atoms in total. The maximum Gasteiger partial charge on any atom is 0.379 e. The van der Waals surface area contributed by atoms with E-state index < -0.39 is 11.9 Å². The van der Waals surface area contributed by atoms with Crippen LogP contribution < -0.4 is 15.2 Å². The lowest BCUT2D eigenvalue weighted by Gasteiger charge is -2.26. The molecule has 0 bridgehead atoms. The van der Waals surface area contributed by atoms with Gasteiger partial charge < -0.3 is 19.6 Å². The van der Waals surface area contributed by atoms with E-state index in [2.05, 4.69) is 37.9 Å². The number of hydrogen-bond donors (Lipinski definition) is 1. The van der Waals surface area contributed by atoms with Crippen molar-refractivity contribution in [1.29, 1.82) is 5.26 Å². The third-order valence-electron chi connectivity index (χ3n) is 5.69. The Morgan fingerprint density at radius 3 is 2.53 bits per heavy atom. The highest BCUT2D eigenvalue weighted by Gasteiger charge is 2.31. The van der Waals surface area contributed by atoms with E-state index in [0.717, 1.165) is 25.5 Å². The Morgan fingerprint density at radius 2 is 1.79 bits per heavy atom. The summed E-state index contributed by atoms with van der Waals surface area (Å²) in [5, 5.41) is 10.6. The highest BCUT2D eigenvalue weighted by molar-refractivity contribution is 9.10. The fourth-order valence-electron chi connectivity index (χ4n) is 4.04. The fourth-order valence-corrected chi connectivity index (χ4v) is 4.65. The van der Waals surface area contributed by atoms with Gasteiger partial charge in [-0.1, -0.05) is 50.1 Å². The van der Waals surface area contributed by atoms with E-state index in [-0.39, 0.29) is 17.4 Å². The van der Waals surface area contributed by atoms with Crippen molar-refractivity contribution in [3.05, 3.63) is 104 Å². The lowest BCUT2D eigenvalue weighted by Crippen LogP contribution is -2.21. The molecule has 168 valence electrons. The van der Waals surface area contributed by atoms with Gasteiger partial charge in [-0.25, -0.2) is 4.79 Å². The zero-order valence-electron chi connectivity index (χ0n) is 17.8. The minimum Gasteiger partial charge on any atom is -0.449 e. The molecule has 0 amide bonds. The SMILES string of the molecule is Cc1c(C(=O)Oc2ccc3c(c2)OC(N)=C(C#N)C3c2ccc(Br)cc2)oc2cc(Br)ccc12. The number of furan rings is 1. The van der Waals surface area contributed by atoms with Crippen LogP contribution in [0.3, 0.4) is 0 Å². The smallest absolute Gasteiger partial charge is 0.379 e. The van der Waals surface area contributed by atoms with Gasteiger partial charge in [0.25, 0.3) is 0 Å². The average molecular weight is 580 g/mol. The zero-order chi connectivity index (χ0) is 24.0. The van der Waals surface area contributed by atoms with Crippen LogP contribution in [0.5, 0.6) is 11.5 Å². The summed E-state index contributed by atoms with van der Waals surface area (Å²) in [6, 6.07) is 20.4. The molecule has 0 spiro atoms. The van der Waals surface area contributed by atoms with Gasteiger partial charge in [-0.15, -0.1) is 0 Å².